The van der Waals surface area contributed by atoms with Gasteiger partial charge in [0.25, 0.3) is 5.91 Å². The predicted molar refractivity (Wildman–Crippen MR) is 104 cm³/mol. The number of nitrogens with zero attached hydrogens (tertiary/aromatic N) is 4. The number of carbonyl (C=O) groups is 1. The van der Waals surface area contributed by atoms with E-state index in [-0.39, 0.29) is 5.91 Å². The molecule has 0 bridgehead atoms. The number of piperazine rings is 1. The van der Waals surface area contributed by atoms with Crippen molar-refractivity contribution in [3.8, 4) is 5.75 Å². The van der Waals surface area contributed by atoms with E-state index >= 15 is 0 Å². The highest BCUT2D eigenvalue weighted by atomic mass is 16.5. The van der Waals surface area contributed by atoms with Gasteiger partial charge in [-0.15, -0.1) is 0 Å². The molecule has 0 atom stereocenters. The molecule has 0 N–H and O–H groups in total. The van der Waals surface area contributed by atoms with E-state index in [4.69, 9.17) is 4.74 Å². The molecule has 0 radical (unpaired) electrons. The fourth-order valence-corrected chi connectivity index (χ4v) is 3.32. The van der Waals surface area contributed by atoms with E-state index in [0.717, 1.165) is 36.4 Å². The van der Waals surface area contributed by atoms with Crippen molar-refractivity contribution in [2.75, 3.05) is 33.3 Å². The minimum atomic E-state index is -0.0441. The van der Waals surface area contributed by atoms with Gasteiger partial charge < -0.3 is 9.64 Å². The molecule has 3 aromatic rings. The maximum absolute atomic E-state index is 12.8. The van der Waals surface area contributed by atoms with Crippen LogP contribution in [0, 0.1) is 0 Å². The van der Waals surface area contributed by atoms with Crippen LogP contribution in [-0.4, -0.2) is 59.0 Å². The molecular formula is C21H22N4O2. The van der Waals surface area contributed by atoms with E-state index in [1.165, 1.54) is 5.56 Å². The van der Waals surface area contributed by atoms with E-state index in [1.807, 2.05) is 41.3 Å². The van der Waals surface area contributed by atoms with Crippen LogP contribution >= 0.6 is 0 Å². The minimum Gasteiger partial charge on any atom is -0.497 e. The van der Waals surface area contributed by atoms with Gasteiger partial charge in [0.15, 0.2) is 0 Å². The summed E-state index contributed by atoms with van der Waals surface area (Å²) < 4.78 is 5.20. The number of hydrogen-bond donors (Lipinski definition) is 0. The van der Waals surface area contributed by atoms with Crippen molar-refractivity contribution >= 4 is 16.9 Å². The summed E-state index contributed by atoms with van der Waals surface area (Å²) in [4.78, 5) is 25.8. The molecule has 1 saturated heterocycles. The first kappa shape index (κ1) is 17.4. The predicted octanol–water partition coefficient (Wildman–Crippen LogP) is 2.60. The highest BCUT2D eigenvalue weighted by Gasteiger charge is 2.23. The fraction of sp³-hybridized carbons (Fsp3) is 0.286. The molecule has 1 aromatic heterocycles. The first-order valence-corrected chi connectivity index (χ1v) is 9.09. The van der Waals surface area contributed by atoms with Crippen LogP contribution in [-0.2, 0) is 6.54 Å². The standard InChI is InChI=1S/C21H22N4O2/c1-27-17-8-6-16(7-9-17)15-24-10-12-25(13-11-24)21(26)20-14-22-18-4-2-3-5-19(18)23-20/h2-9,14H,10-13,15H2,1H3. The fourth-order valence-electron chi connectivity index (χ4n) is 3.32. The topological polar surface area (TPSA) is 58.6 Å². The number of para-hydroxylation sites is 2. The molecule has 27 heavy (non-hydrogen) atoms. The summed E-state index contributed by atoms with van der Waals surface area (Å²) in [5.41, 5.74) is 3.22. The maximum Gasteiger partial charge on any atom is 0.274 e. The van der Waals surface area contributed by atoms with Gasteiger partial charge in [-0.2, -0.15) is 0 Å². The Bertz CT molecular complexity index is 934. The van der Waals surface area contributed by atoms with Crippen molar-refractivity contribution in [3.63, 3.8) is 0 Å². The Kier molecular flexibility index (Phi) is 4.98. The van der Waals surface area contributed by atoms with Gasteiger partial charge in [-0.05, 0) is 29.8 Å². The Morgan fingerprint density at radius 2 is 1.70 bits per heavy atom. The zero-order valence-corrected chi connectivity index (χ0v) is 15.3. The van der Waals surface area contributed by atoms with Gasteiger partial charge in [0.1, 0.15) is 11.4 Å². The van der Waals surface area contributed by atoms with Crippen LogP contribution < -0.4 is 4.74 Å². The number of fused-ring (bicyclic) bond motifs is 1. The van der Waals surface area contributed by atoms with Crippen LogP contribution in [0.4, 0.5) is 0 Å². The van der Waals surface area contributed by atoms with Gasteiger partial charge in [0.2, 0.25) is 0 Å². The van der Waals surface area contributed by atoms with E-state index < -0.39 is 0 Å². The van der Waals surface area contributed by atoms with Crippen molar-refractivity contribution in [1.29, 1.82) is 0 Å². The van der Waals surface area contributed by atoms with E-state index in [2.05, 4.69) is 27.0 Å². The zero-order chi connectivity index (χ0) is 18.6. The molecule has 2 aromatic carbocycles. The third-order valence-electron chi connectivity index (χ3n) is 4.89. The van der Waals surface area contributed by atoms with Crippen LogP contribution in [0.25, 0.3) is 11.0 Å². The highest BCUT2D eigenvalue weighted by molar-refractivity contribution is 5.93. The third-order valence-corrected chi connectivity index (χ3v) is 4.89. The molecule has 0 saturated carbocycles. The molecule has 6 nitrogen and oxygen atoms in total. The lowest BCUT2D eigenvalue weighted by Crippen LogP contribution is -2.48. The average Bonchev–Trinajstić information content (AvgIpc) is 2.74. The van der Waals surface area contributed by atoms with E-state index in [0.29, 0.717) is 18.8 Å². The number of rotatable bonds is 4. The summed E-state index contributed by atoms with van der Waals surface area (Å²) in [6.45, 7) is 3.96. The van der Waals surface area contributed by atoms with E-state index in [1.54, 1.807) is 13.3 Å². The molecular weight excluding hydrogens is 340 g/mol. The molecule has 6 heteroatoms. The second-order valence-corrected chi connectivity index (χ2v) is 6.66. The van der Waals surface area contributed by atoms with Gasteiger partial charge >= 0.3 is 0 Å². The summed E-state index contributed by atoms with van der Waals surface area (Å²) in [6, 6.07) is 15.7. The Hall–Kier alpha value is -2.99. The first-order valence-electron chi connectivity index (χ1n) is 9.09. The molecule has 1 aliphatic rings. The summed E-state index contributed by atoms with van der Waals surface area (Å²) >= 11 is 0. The summed E-state index contributed by atoms with van der Waals surface area (Å²) in [6.07, 6.45) is 1.58. The van der Waals surface area contributed by atoms with Crippen molar-refractivity contribution in [2.24, 2.45) is 0 Å². The Morgan fingerprint density at radius 3 is 2.41 bits per heavy atom. The van der Waals surface area contributed by atoms with Crippen molar-refractivity contribution in [3.05, 3.63) is 66.0 Å². The van der Waals surface area contributed by atoms with Crippen molar-refractivity contribution < 1.29 is 9.53 Å². The summed E-state index contributed by atoms with van der Waals surface area (Å²) in [5.74, 6) is 0.822. The van der Waals surface area contributed by atoms with Crippen LogP contribution in [0.15, 0.2) is 54.7 Å². The molecule has 0 spiro atoms. The quantitative estimate of drug-likeness (QED) is 0.714. The molecule has 1 amide bonds. The highest BCUT2D eigenvalue weighted by Crippen LogP contribution is 2.15. The van der Waals surface area contributed by atoms with Gasteiger partial charge in [0, 0.05) is 32.7 Å². The van der Waals surface area contributed by atoms with Crippen LogP contribution in [0.2, 0.25) is 0 Å². The normalized spacial score (nSPS) is 15.1. The smallest absolute Gasteiger partial charge is 0.274 e. The number of ether oxygens (including phenoxy) is 1. The molecule has 1 aliphatic heterocycles. The molecule has 2 heterocycles. The Balaban J connectivity index is 1.36. The van der Waals surface area contributed by atoms with Gasteiger partial charge in [0.05, 0.1) is 24.3 Å². The van der Waals surface area contributed by atoms with Gasteiger partial charge in [-0.1, -0.05) is 24.3 Å². The van der Waals surface area contributed by atoms with Crippen LogP contribution in [0.1, 0.15) is 16.1 Å². The number of hydrogen-bond acceptors (Lipinski definition) is 5. The van der Waals surface area contributed by atoms with Gasteiger partial charge in [-0.3, -0.25) is 14.7 Å². The molecule has 0 unspecified atom stereocenters. The number of aromatic nitrogens is 2. The number of benzene rings is 2. The Morgan fingerprint density at radius 1 is 1.00 bits per heavy atom. The zero-order valence-electron chi connectivity index (χ0n) is 15.3. The summed E-state index contributed by atoms with van der Waals surface area (Å²) in [7, 11) is 1.67. The third kappa shape index (κ3) is 3.90. The monoisotopic (exact) mass is 362 g/mol. The summed E-state index contributed by atoms with van der Waals surface area (Å²) in [5, 5.41) is 0. The lowest BCUT2D eigenvalue weighted by atomic mass is 10.2. The number of methoxy groups -OCH3 is 1. The molecule has 1 fully saturated rings. The SMILES string of the molecule is COc1ccc(CN2CCN(C(=O)c3cnc4ccccc4n3)CC2)cc1. The van der Waals surface area contributed by atoms with Crippen LogP contribution in [0.3, 0.4) is 0 Å². The van der Waals surface area contributed by atoms with Crippen molar-refractivity contribution in [1.82, 2.24) is 19.8 Å². The second-order valence-electron chi connectivity index (χ2n) is 6.66. The van der Waals surface area contributed by atoms with Crippen LogP contribution in [0.5, 0.6) is 5.75 Å². The molecule has 4 rings (SSSR count). The minimum absolute atomic E-state index is 0.0441. The van der Waals surface area contributed by atoms with E-state index in [9.17, 15) is 4.79 Å². The lowest BCUT2D eigenvalue weighted by Gasteiger charge is -2.34. The van der Waals surface area contributed by atoms with Gasteiger partial charge in [-0.25, -0.2) is 4.98 Å². The number of amides is 1. The largest absolute Gasteiger partial charge is 0.497 e. The molecule has 138 valence electrons. The lowest BCUT2D eigenvalue weighted by molar-refractivity contribution is 0.0622. The second kappa shape index (κ2) is 7.72. The van der Waals surface area contributed by atoms with Crippen molar-refractivity contribution in [2.45, 2.75) is 6.54 Å². The number of carbonyl (C=O) groups excluding carboxylic acids is 1. The Labute approximate surface area is 158 Å². The molecule has 0 aliphatic carbocycles. The average molecular weight is 362 g/mol. The first-order chi connectivity index (χ1) is 13.2. The maximum atomic E-state index is 12.8.